The van der Waals surface area contributed by atoms with Crippen molar-refractivity contribution in [2.45, 2.75) is 36.7 Å². The second-order valence-corrected chi connectivity index (χ2v) is 7.00. The van der Waals surface area contributed by atoms with Gasteiger partial charge in [0.15, 0.2) is 11.5 Å². The van der Waals surface area contributed by atoms with Crippen LogP contribution >= 0.6 is 11.3 Å². The Morgan fingerprint density at radius 1 is 0.821 bits per heavy atom. The first kappa shape index (κ1) is 22.5. The Kier molecular flexibility index (Phi) is 5.79. The maximum atomic E-state index is 14.4. The van der Waals surface area contributed by atoms with E-state index in [0.29, 0.717) is 11.3 Å². The van der Waals surface area contributed by atoms with Gasteiger partial charge in [-0.05, 0) is 17.5 Å². The van der Waals surface area contributed by atoms with Crippen LogP contribution in [0.5, 0.6) is 11.5 Å². The van der Waals surface area contributed by atoms with Gasteiger partial charge in [0.25, 0.3) is 11.5 Å². The van der Waals surface area contributed by atoms with Crippen molar-refractivity contribution in [1.29, 1.82) is 0 Å². The van der Waals surface area contributed by atoms with Crippen molar-refractivity contribution in [2.75, 3.05) is 14.2 Å². The van der Waals surface area contributed by atoms with E-state index in [9.17, 15) is 35.1 Å². The number of thiophene rings is 1. The molecule has 0 fully saturated rings. The highest BCUT2D eigenvalue weighted by atomic mass is 32.1. The number of benzene rings is 1. The topological polar surface area (TPSA) is 38.7 Å². The van der Waals surface area contributed by atoms with Crippen molar-refractivity contribution in [1.82, 2.24) is 0 Å². The van der Waals surface area contributed by atoms with Gasteiger partial charge in [-0.2, -0.15) is 26.3 Å². The van der Waals surface area contributed by atoms with Crippen LogP contribution in [-0.4, -0.2) is 37.3 Å². The van der Waals surface area contributed by atoms with Crippen LogP contribution in [0.3, 0.4) is 0 Å². The van der Waals surface area contributed by atoms with Crippen molar-refractivity contribution in [3.63, 3.8) is 0 Å². The van der Waals surface area contributed by atoms with Crippen LogP contribution in [0, 0.1) is 0 Å². The molecule has 0 radical (unpaired) electrons. The number of fused-ring (bicyclic) bond motifs is 1. The molecule has 0 aliphatic heterocycles. The molecule has 2 aromatic rings. The lowest BCUT2D eigenvalue weighted by atomic mass is 9.93. The van der Waals surface area contributed by atoms with Gasteiger partial charge >= 0.3 is 12.4 Å². The number of alkyl halides is 8. The van der Waals surface area contributed by atoms with Crippen LogP contribution in [0.15, 0.2) is 18.2 Å². The van der Waals surface area contributed by atoms with E-state index in [4.69, 9.17) is 14.6 Å². The SMILES string of the molecule is COc1cc2cc(C(F)(F)CCC(O)(C(F)(F)F)C(F)(F)F)sc2cc1OC. The normalized spacial score (nSPS) is 13.8. The van der Waals surface area contributed by atoms with Gasteiger partial charge in [-0.25, -0.2) is 8.78 Å². The fourth-order valence-electron chi connectivity index (χ4n) is 2.45. The molecule has 0 aliphatic carbocycles. The molecule has 3 nitrogen and oxygen atoms in total. The van der Waals surface area contributed by atoms with Gasteiger partial charge in [-0.1, -0.05) is 0 Å². The molecular formula is C16H14F8O3S. The molecule has 0 atom stereocenters. The fraction of sp³-hybridized carbons (Fsp3) is 0.500. The predicted octanol–water partition coefficient (Wildman–Crippen LogP) is 5.65. The molecule has 1 aromatic heterocycles. The monoisotopic (exact) mass is 438 g/mol. The molecule has 0 bridgehead atoms. The molecule has 0 unspecified atom stereocenters. The lowest BCUT2D eigenvalue weighted by Gasteiger charge is -2.33. The number of rotatable bonds is 6. The quantitative estimate of drug-likeness (QED) is 0.593. The minimum Gasteiger partial charge on any atom is -0.493 e. The Labute approximate surface area is 157 Å². The zero-order chi connectivity index (χ0) is 21.5. The average Bonchev–Trinajstić information content (AvgIpc) is 3.00. The lowest BCUT2D eigenvalue weighted by molar-refractivity contribution is -0.372. The van der Waals surface area contributed by atoms with Crippen molar-refractivity contribution in [3.8, 4) is 11.5 Å². The molecule has 0 saturated heterocycles. The summed E-state index contributed by atoms with van der Waals surface area (Å²) in [4.78, 5) is -0.746. The number of methoxy groups -OCH3 is 2. The lowest BCUT2D eigenvalue weighted by Crippen LogP contribution is -2.57. The molecule has 1 heterocycles. The van der Waals surface area contributed by atoms with Crippen molar-refractivity contribution in [3.05, 3.63) is 23.1 Å². The largest absolute Gasteiger partial charge is 0.493 e. The van der Waals surface area contributed by atoms with Gasteiger partial charge in [0.2, 0.25) is 0 Å². The summed E-state index contributed by atoms with van der Waals surface area (Å²) in [5.74, 6) is -3.60. The Morgan fingerprint density at radius 2 is 1.32 bits per heavy atom. The first-order valence-electron chi connectivity index (χ1n) is 7.56. The molecule has 0 aliphatic rings. The second-order valence-electron chi connectivity index (χ2n) is 5.92. The maximum Gasteiger partial charge on any atom is 0.426 e. The summed E-state index contributed by atoms with van der Waals surface area (Å²) in [6.45, 7) is 0. The van der Waals surface area contributed by atoms with Crippen LogP contribution in [0.1, 0.15) is 17.7 Å². The van der Waals surface area contributed by atoms with Crippen molar-refractivity contribution >= 4 is 21.4 Å². The molecule has 1 N–H and O–H groups in total. The molecule has 12 heteroatoms. The minimum absolute atomic E-state index is 0.214. The van der Waals surface area contributed by atoms with Crippen LogP contribution < -0.4 is 9.47 Å². The van der Waals surface area contributed by atoms with Gasteiger partial charge in [-0.3, -0.25) is 0 Å². The Bertz CT molecular complexity index is 786. The van der Waals surface area contributed by atoms with E-state index in [1.165, 1.54) is 26.4 Å². The number of aliphatic hydroxyl groups is 1. The van der Waals surface area contributed by atoms with E-state index >= 15 is 0 Å². The van der Waals surface area contributed by atoms with Crippen LogP contribution in [0.2, 0.25) is 0 Å². The molecule has 0 saturated carbocycles. The molecule has 2 rings (SSSR count). The predicted molar refractivity (Wildman–Crippen MR) is 85.1 cm³/mol. The number of halogens is 8. The highest BCUT2D eigenvalue weighted by Gasteiger charge is 2.70. The van der Waals surface area contributed by atoms with E-state index in [2.05, 4.69) is 0 Å². The van der Waals surface area contributed by atoms with Gasteiger partial charge < -0.3 is 14.6 Å². The van der Waals surface area contributed by atoms with Crippen LogP contribution in [0.4, 0.5) is 35.1 Å². The van der Waals surface area contributed by atoms with E-state index < -0.39 is 41.6 Å². The second kappa shape index (κ2) is 7.21. The highest BCUT2D eigenvalue weighted by Crippen LogP contribution is 2.49. The van der Waals surface area contributed by atoms with Gasteiger partial charge in [-0.15, -0.1) is 11.3 Å². The summed E-state index contributed by atoms with van der Waals surface area (Å²) in [5.41, 5.74) is -5.23. The summed E-state index contributed by atoms with van der Waals surface area (Å²) in [5, 5.41) is 9.31. The molecule has 0 spiro atoms. The van der Waals surface area contributed by atoms with Crippen LogP contribution in [-0.2, 0) is 5.92 Å². The average molecular weight is 438 g/mol. The number of hydrogen-bond acceptors (Lipinski definition) is 4. The third-order valence-corrected chi connectivity index (χ3v) is 5.33. The number of hydrogen-bond donors (Lipinski definition) is 1. The zero-order valence-corrected chi connectivity index (χ0v) is 15.2. The summed E-state index contributed by atoms with van der Waals surface area (Å²) >= 11 is 0.489. The third kappa shape index (κ3) is 3.97. The van der Waals surface area contributed by atoms with E-state index in [-0.39, 0.29) is 21.6 Å². The van der Waals surface area contributed by atoms with E-state index in [1.807, 2.05) is 0 Å². The first-order valence-corrected chi connectivity index (χ1v) is 8.37. The van der Waals surface area contributed by atoms with Gasteiger partial charge in [0.05, 0.1) is 19.1 Å². The third-order valence-electron chi connectivity index (χ3n) is 4.12. The summed E-state index contributed by atoms with van der Waals surface area (Å²) in [6.07, 6.45) is -16.4. The van der Waals surface area contributed by atoms with Crippen LogP contribution in [0.25, 0.3) is 10.1 Å². The number of ether oxygens (including phenoxy) is 2. The van der Waals surface area contributed by atoms with Crippen molar-refractivity contribution < 1.29 is 49.7 Å². The molecule has 158 valence electrons. The van der Waals surface area contributed by atoms with Gasteiger partial charge in [0.1, 0.15) is 0 Å². The molecule has 28 heavy (non-hydrogen) atoms. The summed E-state index contributed by atoms with van der Waals surface area (Å²) in [6, 6.07) is 3.66. The maximum absolute atomic E-state index is 14.4. The van der Waals surface area contributed by atoms with E-state index in [0.717, 1.165) is 6.07 Å². The van der Waals surface area contributed by atoms with E-state index in [1.54, 1.807) is 0 Å². The molecule has 1 aromatic carbocycles. The van der Waals surface area contributed by atoms with Crippen molar-refractivity contribution in [2.24, 2.45) is 0 Å². The minimum atomic E-state index is -6.15. The van der Waals surface area contributed by atoms with Gasteiger partial charge in [0, 0.05) is 23.6 Å². The first-order chi connectivity index (χ1) is 12.7. The summed E-state index contributed by atoms with van der Waals surface area (Å²) < 4.78 is 115. The Hall–Kier alpha value is -1.82. The Morgan fingerprint density at radius 3 is 1.79 bits per heavy atom. The molecular weight excluding hydrogens is 424 g/mol. The smallest absolute Gasteiger partial charge is 0.426 e. The zero-order valence-electron chi connectivity index (χ0n) is 14.3. The highest BCUT2D eigenvalue weighted by molar-refractivity contribution is 7.19. The standard InChI is InChI=1S/C16H14F8O3S/c1-26-9-5-8-6-12(28-11(8)7-10(9)27-2)13(17,18)3-4-14(25,15(19,20)21)16(22,23)24/h5-7,25H,3-4H2,1-2H3. The fourth-order valence-corrected chi connectivity index (χ4v) is 3.53. The Balaban J connectivity index is 2.36. The summed E-state index contributed by atoms with van der Waals surface area (Å²) in [7, 11) is 2.61. The molecule has 0 amide bonds.